The van der Waals surface area contributed by atoms with Gasteiger partial charge in [-0.2, -0.15) is 0 Å². The van der Waals surface area contributed by atoms with E-state index in [4.69, 9.17) is 17.3 Å². The molecule has 0 spiro atoms. The van der Waals surface area contributed by atoms with Crippen molar-refractivity contribution in [2.45, 2.75) is 13.0 Å². The van der Waals surface area contributed by atoms with E-state index >= 15 is 0 Å². The van der Waals surface area contributed by atoms with E-state index in [1.54, 1.807) is 0 Å². The van der Waals surface area contributed by atoms with E-state index in [2.05, 4.69) is 10.8 Å². The van der Waals surface area contributed by atoms with Crippen LogP contribution in [-0.2, 0) is 7.05 Å². The smallest absolute Gasteiger partial charge is 0.0496 e. The SMILES string of the molecule is C[C@H](N)c1cn(C)c2cc(Cl)ccc12. The third-order valence-corrected chi connectivity index (χ3v) is 2.71. The van der Waals surface area contributed by atoms with Gasteiger partial charge < -0.3 is 10.3 Å². The minimum atomic E-state index is 0.0554. The van der Waals surface area contributed by atoms with Gasteiger partial charge >= 0.3 is 0 Å². The van der Waals surface area contributed by atoms with Crippen molar-refractivity contribution in [3.63, 3.8) is 0 Å². The summed E-state index contributed by atoms with van der Waals surface area (Å²) in [5, 5.41) is 1.95. The fraction of sp³-hybridized carbons (Fsp3) is 0.273. The molecule has 0 unspecified atom stereocenters. The molecule has 1 heterocycles. The molecule has 0 amide bonds. The monoisotopic (exact) mass is 208 g/mol. The fourth-order valence-corrected chi connectivity index (χ4v) is 1.92. The molecule has 0 saturated carbocycles. The zero-order valence-corrected chi connectivity index (χ0v) is 9.05. The van der Waals surface area contributed by atoms with Gasteiger partial charge in [-0.15, -0.1) is 0 Å². The summed E-state index contributed by atoms with van der Waals surface area (Å²) in [7, 11) is 2.00. The van der Waals surface area contributed by atoms with Crippen LogP contribution in [0.25, 0.3) is 10.9 Å². The van der Waals surface area contributed by atoms with Crippen LogP contribution < -0.4 is 5.73 Å². The average molecular weight is 209 g/mol. The average Bonchev–Trinajstić information content (AvgIpc) is 2.44. The minimum absolute atomic E-state index is 0.0554. The van der Waals surface area contributed by atoms with Crippen LogP contribution in [-0.4, -0.2) is 4.57 Å². The normalized spacial score (nSPS) is 13.4. The van der Waals surface area contributed by atoms with E-state index in [0.717, 1.165) is 10.5 Å². The molecular weight excluding hydrogens is 196 g/mol. The molecule has 2 nitrogen and oxygen atoms in total. The highest BCUT2D eigenvalue weighted by atomic mass is 35.5. The molecule has 2 aromatic rings. The van der Waals surface area contributed by atoms with Gasteiger partial charge in [-0.1, -0.05) is 17.7 Å². The van der Waals surface area contributed by atoms with Gasteiger partial charge in [-0.05, 0) is 24.6 Å². The lowest BCUT2D eigenvalue weighted by Crippen LogP contribution is -2.03. The fourth-order valence-electron chi connectivity index (χ4n) is 1.75. The molecule has 0 aliphatic rings. The van der Waals surface area contributed by atoms with Gasteiger partial charge in [0.05, 0.1) is 0 Å². The Balaban J connectivity index is 2.77. The Morgan fingerprint density at radius 1 is 1.43 bits per heavy atom. The largest absolute Gasteiger partial charge is 0.350 e. The Kier molecular flexibility index (Phi) is 2.25. The van der Waals surface area contributed by atoms with E-state index in [1.807, 2.05) is 32.2 Å². The maximum absolute atomic E-state index is 5.93. The zero-order chi connectivity index (χ0) is 10.3. The first kappa shape index (κ1) is 9.56. The second-order valence-corrected chi connectivity index (χ2v) is 4.08. The standard InChI is InChI=1S/C11H13ClN2/c1-7(13)10-6-14(2)11-5-8(12)3-4-9(10)11/h3-7H,13H2,1-2H3/t7-/m0/s1. The number of nitrogens with two attached hydrogens (primary N) is 1. The number of benzene rings is 1. The lowest BCUT2D eigenvalue weighted by Gasteiger charge is -2.01. The molecule has 2 N–H and O–H groups in total. The molecule has 1 aromatic heterocycles. The van der Waals surface area contributed by atoms with Crippen LogP contribution in [0.4, 0.5) is 0 Å². The summed E-state index contributed by atoms with van der Waals surface area (Å²) >= 11 is 5.93. The molecule has 0 saturated heterocycles. The molecule has 1 aromatic carbocycles. The quantitative estimate of drug-likeness (QED) is 0.768. The predicted octanol–water partition coefficient (Wildman–Crippen LogP) is 2.85. The van der Waals surface area contributed by atoms with Crippen LogP contribution in [0.1, 0.15) is 18.5 Å². The number of hydrogen-bond donors (Lipinski definition) is 1. The molecule has 0 aliphatic heterocycles. The first-order valence-corrected chi connectivity index (χ1v) is 4.97. The van der Waals surface area contributed by atoms with Crippen LogP contribution in [0.15, 0.2) is 24.4 Å². The molecule has 0 aliphatic carbocycles. The van der Waals surface area contributed by atoms with Crippen molar-refractivity contribution in [2.75, 3.05) is 0 Å². The lowest BCUT2D eigenvalue weighted by molar-refractivity contribution is 0.815. The number of rotatable bonds is 1. The highest BCUT2D eigenvalue weighted by Crippen LogP contribution is 2.26. The molecule has 74 valence electrons. The molecule has 1 atom stereocenters. The van der Waals surface area contributed by atoms with Crippen LogP contribution in [0, 0.1) is 0 Å². The summed E-state index contributed by atoms with van der Waals surface area (Å²) in [6, 6.07) is 5.94. The number of hydrogen-bond acceptors (Lipinski definition) is 1. The Labute approximate surface area is 88.3 Å². The molecule has 0 radical (unpaired) electrons. The van der Waals surface area contributed by atoms with Gasteiger partial charge in [0.25, 0.3) is 0 Å². The third-order valence-electron chi connectivity index (χ3n) is 2.47. The van der Waals surface area contributed by atoms with Crippen LogP contribution >= 0.6 is 11.6 Å². The summed E-state index contributed by atoms with van der Waals surface area (Å²) in [5.41, 5.74) is 8.18. The van der Waals surface area contributed by atoms with Crippen LogP contribution in [0.5, 0.6) is 0 Å². The number of aryl methyl sites for hydroxylation is 1. The molecular formula is C11H13ClN2. The Morgan fingerprint density at radius 2 is 2.14 bits per heavy atom. The number of aromatic nitrogens is 1. The van der Waals surface area contributed by atoms with Crippen LogP contribution in [0.2, 0.25) is 5.02 Å². The van der Waals surface area contributed by atoms with Crippen molar-refractivity contribution < 1.29 is 0 Å². The van der Waals surface area contributed by atoms with Gasteiger partial charge in [-0.25, -0.2) is 0 Å². The summed E-state index contributed by atoms with van der Waals surface area (Å²) in [6.45, 7) is 1.99. The highest BCUT2D eigenvalue weighted by Gasteiger charge is 2.09. The van der Waals surface area contributed by atoms with Crippen molar-refractivity contribution in [3.05, 3.63) is 35.0 Å². The molecule has 3 heteroatoms. The summed E-state index contributed by atoms with van der Waals surface area (Å²) < 4.78 is 2.06. The molecule has 0 fully saturated rings. The minimum Gasteiger partial charge on any atom is -0.350 e. The van der Waals surface area contributed by atoms with Crippen molar-refractivity contribution in [2.24, 2.45) is 12.8 Å². The lowest BCUT2D eigenvalue weighted by atomic mass is 10.1. The molecule has 0 bridgehead atoms. The molecule has 2 rings (SSSR count). The van der Waals surface area contributed by atoms with E-state index < -0.39 is 0 Å². The maximum atomic E-state index is 5.93. The Hall–Kier alpha value is -0.990. The maximum Gasteiger partial charge on any atom is 0.0496 e. The predicted molar refractivity (Wildman–Crippen MR) is 60.5 cm³/mol. The van der Waals surface area contributed by atoms with Crippen molar-refractivity contribution in [3.8, 4) is 0 Å². The van der Waals surface area contributed by atoms with Crippen molar-refractivity contribution in [1.29, 1.82) is 0 Å². The zero-order valence-electron chi connectivity index (χ0n) is 8.29. The Morgan fingerprint density at radius 3 is 2.79 bits per heavy atom. The van der Waals surface area contributed by atoms with E-state index in [1.165, 1.54) is 10.9 Å². The van der Waals surface area contributed by atoms with E-state index in [9.17, 15) is 0 Å². The van der Waals surface area contributed by atoms with Gasteiger partial charge in [0.1, 0.15) is 0 Å². The second-order valence-electron chi connectivity index (χ2n) is 3.65. The van der Waals surface area contributed by atoms with Crippen molar-refractivity contribution >= 4 is 22.5 Å². The first-order chi connectivity index (χ1) is 6.59. The summed E-state index contributed by atoms with van der Waals surface area (Å²) in [5.74, 6) is 0. The molecule has 14 heavy (non-hydrogen) atoms. The third kappa shape index (κ3) is 1.41. The topological polar surface area (TPSA) is 30.9 Å². The highest BCUT2D eigenvalue weighted by molar-refractivity contribution is 6.31. The van der Waals surface area contributed by atoms with Gasteiger partial charge in [-0.3, -0.25) is 0 Å². The van der Waals surface area contributed by atoms with Crippen molar-refractivity contribution in [1.82, 2.24) is 4.57 Å². The number of fused-ring (bicyclic) bond motifs is 1. The van der Waals surface area contributed by atoms with Gasteiger partial charge in [0, 0.05) is 35.2 Å². The Bertz CT molecular complexity index is 471. The van der Waals surface area contributed by atoms with E-state index in [0.29, 0.717) is 0 Å². The van der Waals surface area contributed by atoms with Gasteiger partial charge in [0.2, 0.25) is 0 Å². The second kappa shape index (κ2) is 3.30. The first-order valence-electron chi connectivity index (χ1n) is 4.59. The summed E-state index contributed by atoms with van der Waals surface area (Å²) in [4.78, 5) is 0. The number of halogens is 1. The van der Waals surface area contributed by atoms with Gasteiger partial charge in [0.15, 0.2) is 0 Å². The van der Waals surface area contributed by atoms with Crippen LogP contribution in [0.3, 0.4) is 0 Å². The summed E-state index contributed by atoms with van der Waals surface area (Å²) in [6.07, 6.45) is 2.06. The number of nitrogens with zero attached hydrogens (tertiary/aromatic N) is 1. The van der Waals surface area contributed by atoms with E-state index in [-0.39, 0.29) is 6.04 Å².